The smallest absolute Gasteiger partial charge is 0.210 e. The molecule has 1 radical (unpaired) electrons. The highest BCUT2D eigenvalue weighted by molar-refractivity contribution is 14.1. The predicted molar refractivity (Wildman–Crippen MR) is 109 cm³/mol. The molecule has 115 valence electrons. The SMILES string of the molecule is CC[Si](OCI)C([Si](C)(C)C)([Si](C)(C)C)[Si](C)(C)C. The Bertz CT molecular complexity index is 252. The largest absolute Gasteiger partial charge is 0.408 e. The average molecular weight is 446 g/mol. The lowest BCUT2D eigenvalue weighted by atomic mass is 11.0. The van der Waals surface area contributed by atoms with E-state index in [1.807, 2.05) is 0 Å². The molecule has 19 heavy (non-hydrogen) atoms. The Balaban J connectivity index is 6.24. The third-order valence-corrected chi connectivity index (χ3v) is 36.7. The lowest BCUT2D eigenvalue weighted by molar-refractivity contribution is 0.405. The van der Waals surface area contributed by atoms with Gasteiger partial charge in [0.25, 0.3) is 0 Å². The van der Waals surface area contributed by atoms with Crippen molar-refractivity contribution in [3.05, 3.63) is 0 Å². The second-order valence-electron chi connectivity index (χ2n) is 8.53. The van der Waals surface area contributed by atoms with Gasteiger partial charge in [-0.1, -0.05) is 88.4 Å². The van der Waals surface area contributed by atoms with Crippen LogP contribution in [-0.2, 0) is 4.43 Å². The second kappa shape index (κ2) is 6.76. The van der Waals surface area contributed by atoms with Gasteiger partial charge in [0.05, 0.1) is 4.61 Å². The Morgan fingerprint density at radius 1 is 0.842 bits per heavy atom. The van der Waals surface area contributed by atoms with E-state index >= 15 is 0 Å². The summed E-state index contributed by atoms with van der Waals surface area (Å²) in [6.07, 6.45) is 0. The molecule has 0 unspecified atom stereocenters. The molecule has 0 aliphatic carbocycles. The first-order valence-corrected chi connectivity index (χ1v) is 21.0. The normalized spacial score (nSPS) is 15.2. The first-order chi connectivity index (χ1) is 8.27. The van der Waals surface area contributed by atoms with Crippen LogP contribution < -0.4 is 0 Å². The summed E-state index contributed by atoms with van der Waals surface area (Å²) in [6, 6.07) is 1.27. The molecular formula is C13H34IOSi4. The second-order valence-corrected chi connectivity index (χ2v) is 30.5. The molecule has 0 spiro atoms. The first kappa shape index (κ1) is 20.6. The summed E-state index contributed by atoms with van der Waals surface area (Å²) < 4.78 is 7.93. The average Bonchev–Trinajstić information content (AvgIpc) is 2.10. The van der Waals surface area contributed by atoms with Crippen molar-refractivity contribution in [2.24, 2.45) is 0 Å². The number of hydrogen-bond acceptors (Lipinski definition) is 1. The van der Waals surface area contributed by atoms with Gasteiger partial charge in [-0.2, -0.15) is 0 Å². The van der Waals surface area contributed by atoms with Crippen LogP contribution in [-0.4, -0.2) is 37.9 Å². The number of hydrogen-bond donors (Lipinski definition) is 0. The highest BCUT2D eigenvalue weighted by Gasteiger charge is 2.64. The predicted octanol–water partition coefficient (Wildman–Crippen LogP) is 5.78. The minimum absolute atomic E-state index is 0.623. The van der Waals surface area contributed by atoms with E-state index in [0.29, 0.717) is 3.91 Å². The van der Waals surface area contributed by atoms with Crippen LogP contribution in [0.5, 0.6) is 0 Å². The van der Waals surface area contributed by atoms with Crippen molar-refractivity contribution in [3.8, 4) is 0 Å². The zero-order valence-electron chi connectivity index (χ0n) is 14.7. The van der Waals surface area contributed by atoms with Gasteiger partial charge in [-0.25, -0.2) is 0 Å². The summed E-state index contributed by atoms with van der Waals surface area (Å²) >= 11 is 2.40. The van der Waals surface area contributed by atoms with Gasteiger partial charge in [-0.15, -0.1) is 0 Å². The lowest BCUT2D eigenvalue weighted by Gasteiger charge is -2.61. The van der Waals surface area contributed by atoms with E-state index in [9.17, 15) is 0 Å². The molecule has 0 aliphatic heterocycles. The maximum atomic E-state index is 6.43. The first-order valence-electron chi connectivity index (χ1n) is 7.32. The Kier molecular flexibility index (Phi) is 7.32. The monoisotopic (exact) mass is 445 g/mol. The molecule has 0 saturated carbocycles. The highest BCUT2D eigenvalue weighted by atomic mass is 127. The maximum absolute atomic E-state index is 6.43. The van der Waals surface area contributed by atoms with Gasteiger partial charge in [-0.3, -0.25) is 0 Å². The van der Waals surface area contributed by atoms with Crippen LogP contribution in [0.2, 0.25) is 68.9 Å². The van der Waals surface area contributed by atoms with Crippen molar-refractivity contribution in [3.63, 3.8) is 0 Å². The van der Waals surface area contributed by atoms with Crippen LogP contribution in [0.4, 0.5) is 0 Å². The van der Waals surface area contributed by atoms with Gasteiger partial charge >= 0.3 is 0 Å². The van der Waals surface area contributed by atoms with Crippen LogP contribution in [0, 0.1) is 0 Å². The van der Waals surface area contributed by atoms with E-state index in [-0.39, 0.29) is 0 Å². The molecule has 0 bridgehead atoms. The molecule has 0 N–H and O–H groups in total. The Morgan fingerprint density at radius 3 is 1.32 bits per heavy atom. The molecule has 0 aromatic heterocycles. The molecular weight excluding hydrogens is 411 g/mol. The van der Waals surface area contributed by atoms with Crippen LogP contribution >= 0.6 is 22.6 Å². The van der Waals surface area contributed by atoms with Crippen molar-refractivity contribution in [1.82, 2.24) is 0 Å². The third kappa shape index (κ3) is 3.85. The Labute approximate surface area is 140 Å². The number of rotatable bonds is 7. The summed E-state index contributed by atoms with van der Waals surface area (Å²) in [5.41, 5.74) is 0. The van der Waals surface area contributed by atoms with Crippen molar-refractivity contribution >= 4 is 55.9 Å². The fourth-order valence-electron chi connectivity index (χ4n) is 5.17. The number of alkyl halides is 1. The molecule has 0 saturated heterocycles. The van der Waals surface area contributed by atoms with E-state index < -0.39 is 33.3 Å². The molecule has 0 atom stereocenters. The molecule has 0 rings (SSSR count). The molecule has 6 heteroatoms. The molecule has 0 amide bonds. The van der Waals surface area contributed by atoms with Crippen molar-refractivity contribution in [1.29, 1.82) is 0 Å². The van der Waals surface area contributed by atoms with Crippen LogP contribution in [0.25, 0.3) is 0 Å². The molecule has 1 nitrogen and oxygen atoms in total. The van der Waals surface area contributed by atoms with E-state index in [2.05, 4.69) is 88.4 Å². The van der Waals surface area contributed by atoms with Gasteiger partial charge in [-0.05, 0) is 9.95 Å². The number of halogens is 1. The molecule has 0 aromatic rings. The van der Waals surface area contributed by atoms with Crippen LogP contribution in [0.1, 0.15) is 6.92 Å². The van der Waals surface area contributed by atoms with Crippen molar-refractivity contribution in [2.75, 3.05) is 4.61 Å². The zero-order valence-corrected chi connectivity index (χ0v) is 20.9. The van der Waals surface area contributed by atoms with Gasteiger partial charge in [0.2, 0.25) is 9.04 Å². The van der Waals surface area contributed by atoms with E-state index in [1.165, 1.54) is 6.04 Å². The minimum atomic E-state index is -1.29. The van der Waals surface area contributed by atoms with Crippen LogP contribution in [0.15, 0.2) is 0 Å². The molecule has 0 aliphatic rings. The van der Waals surface area contributed by atoms with E-state index in [0.717, 1.165) is 4.61 Å². The summed E-state index contributed by atoms with van der Waals surface area (Å²) in [5.74, 6) is 0. The topological polar surface area (TPSA) is 9.23 Å². The Morgan fingerprint density at radius 2 is 1.16 bits per heavy atom. The van der Waals surface area contributed by atoms with Crippen molar-refractivity contribution in [2.45, 2.75) is 75.8 Å². The fraction of sp³-hybridized carbons (Fsp3) is 1.00. The van der Waals surface area contributed by atoms with Gasteiger partial charge < -0.3 is 4.43 Å². The van der Waals surface area contributed by atoms with E-state index in [1.54, 1.807) is 0 Å². The highest BCUT2D eigenvalue weighted by Crippen LogP contribution is 2.56. The summed E-state index contributed by atoms with van der Waals surface area (Å²) in [4.78, 5) is 0. The summed E-state index contributed by atoms with van der Waals surface area (Å²) in [5, 5.41) is 0. The third-order valence-electron chi connectivity index (χ3n) is 4.34. The standard InChI is InChI=1S/C13H34IOSi4/c1-11-16(15-12-14)13(17(2,3)4,18(5,6)7)19(8,9)10/h11-12H2,1-10H3. The van der Waals surface area contributed by atoms with Crippen molar-refractivity contribution < 1.29 is 4.43 Å². The fourth-order valence-corrected chi connectivity index (χ4v) is 46.7. The quantitative estimate of drug-likeness (QED) is 0.274. The summed E-state index contributed by atoms with van der Waals surface area (Å²) in [6.45, 7) is 25.9. The minimum Gasteiger partial charge on any atom is -0.408 e. The lowest BCUT2D eigenvalue weighted by Crippen LogP contribution is -2.72. The van der Waals surface area contributed by atoms with Gasteiger partial charge in [0.1, 0.15) is 0 Å². The molecule has 0 aromatic carbocycles. The van der Waals surface area contributed by atoms with Gasteiger partial charge in [0, 0.05) is 24.2 Å². The maximum Gasteiger partial charge on any atom is 0.210 e. The van der Waals surface area contributed by atoms with Crippen LogP contribution in [0.3, 0.4) is 0 Å². The van der Waals surface area contributed by atoms with Gasteiger partial charge in [0.15, 0.2) is 0 Å². The Hall–Kier alpha value is 1.56. The molecule has 0 heterocycles. The van der Waals surface area contributed by atoms with E-state index in [4.69, 9.17) is 4.43 Å². The summed E-state index contributed by atoms with van der Waals surface area (Å²) in [7, 11) is -4.59. The molecule has 0 fully saturated rings. The zero-order chi connectivity index (χ0) is 15.7.